The molecule has 26 heavy (non-hydrogen) atoms. The van der Waals surface area contributed by atoms with Crippen LogP contribution in [0.3, 0.4) is 0 Å². The minimum Gasteiger partial charge on any atom is -0.464 e. The summed E-state index contributed by atoms with van der Waals surface area (Å²) in [5.41, 5.74) is 0. The van der Waals surface area contributed by atoms with E-state index in [4.69, 9.17) is 4.42 Å². The van der Waals surface area contributed by atoms with Gasteiger partial charge in [-0.05, 0) is 39.1 Å². The Hall–Kier alpha value is -1.67. The Bertz CT molecular complexity index is 581. The molecule has 1 N–H and O–H groups in total. The van der Waals surface area contributed by atoms with E-state index < -0.39 is 0 Å². The molecule has 0 amide bonds. The minimum absolute atomic E-state index is 0.366. The Labute approximate surface area is 159 Å². The van der Waals surface area contributed by atoms with E-state index in [1.54, 1.807) is 11.8 Å². The molecule has 146 valence electrons. The first-order chi connectivity index (χ1) is 12.5. The van der Waals surface area contributed by atoms with Gasteiger partial charge >= 0.3 is 0 Å². The van der Waals surface area contributed by atoms with Crippen molar-refractivity contribution < 1.29 is 9.34 Å². The van der Waals surface area contributed by atoms with Crippen LogP contribution in [0.1, 0.15) is 37.2 Å². The molecule has 1 aliphatic rings. The van der Waals surface area contributed by atoms with Crippen molar-refractivity contribution in [3.8, 4) is 0 Å². The highest BCUT2D eigenvalue weighted by Gasteiger charge is 2.15. The van der Waals surface area contributed by atoms with E-state index in [0.29, 0.717) is 12.4 Å². The first-order valence-corrected chi connectivity index (χ1v) is 10.3. The molecule has 1 aromatic heterocycles. The van der Waals surface area contributed by atoms with E-state index >= 15 is 0 Å². The number of nitrogens with zero attached hydrogens (tertiary/aromatic N) is 3. The average molecular weight is 383 g/mol. The molecule has 1 aromatic rings. The van der Waals surface area contributed by atoms with Gasteiger partial charge in [0.2, 0.25) is 0 Å². The molecule has 0 saturated carbocycles. The lowest BCUT2D eigenvalue weighted by molar-refractivity contribution is -0.404. The summed E-state index contributed by atoms with van der Waals surface area (Å²) in [4.78, 5) is 14.8. The van der Waals surface area contributed by atoms with Crippen LogP contribution in [0.5, 0.6) is 0 Å². The summed E-state index contributed by atoms with van der Waals surface area (Å²) in [7, 11) is 4.03. The first-order valence-electron chi connectivity index (χ1n) is 9.19. The number of likely N-dealkylation sites (tertiary alicyclic amines) is 1. The van der Waals surface area contributed by atoms with Gasteiger partial charge in [-0.2, -0.15) is 11.8 Å². The van der Waals surface area contributed by atoms with E-state index in [-0.39, 0.29) is 4.92 Å². The Kier molecular flexibility index (Phi) is 8.84. The number of thioether (sulfide) groups is 1. The minimum atomic E-state index is -0.366. The number of rotatable bonds is 10. The van der Waals surface area contributed by atoms with Crippen molar-refractivity contribution >= 4 is 11.8 Å². The van der Waals surface area contributed by atoms with Crippen molar-refractivity contribution in [2.24, 2.45) is 0 Å². The molecule has 2 heterocycles. The van der Waals surface area contributed by atoms with E-state index in [2.05, 4.69) is 15.1 Å². The second-order valence-corrected chi connectivity index (χ2v) is 7.89. The van der Waals surface area contributed by atoms with E-state index in [0.717, 1.165) is 61.7 Å². The Morgan fingerprint density at radius 3 is 2.65 bits per heavy atom. The lowest BCUT2D eigenvalue weighted by Gasteiger charge is -2.24. The van der Waals surface area contributed by atoms with Gasteiger partial charge in [0, 0.05) is 25.4 Å². The summed E-state index contributed by atoms with van der Waals surface area (Å²) in [6.45, 7) is 3.28. The zero-order valence-corrected chi connectivity index (χ0v) is 16.6. The quantitative estimate of drug-likeness (QED) is 0.378. The van der Waals surface area contributed by atoms with Crippen molar-refractivity contribution in [3.63, 3.8) is 0 Å². The summed E-state index contributed by atoms with van der Waals surface area (Å²) < 4.78 is 5.79. The number of nitrogens with one attached hydrogen (secondary N) is 1. The molecule has 0 spiro atoms. The molecule has 0 aliphatic carbocycles. The van der Waals surface area contributed by atoms with Gasteiger partial charge in [0.25, 0.3) is 6.20 Å². The summed E-state index contributed by atoms with van der Waals surface area (Å²) >= 11 is 1.76. The van der Waals surface area contributed by atoms with Crippen molar-refractivity contribution in [2.45, 2.75) is 38.0 Å². The second kappa shape index (κ2) is 11.1. The molecule has 2 rings (SSSR count). The van der Waals surface area contributed by atoms with Crippen LogP contribution in [0, 0.1) is 10.1 Å². The molecule has 0 aromatic carbocycles. The zero-order valence-electron chi connectivity index (χ0n) is 15.8. The van der Waals surface area contributed by atoms with Crippen molar-refractivity contribution in [2.75, 3.05) is 39.5 Å². The van der Waals surface area contributed by atoms with Crippen LogP contribution in [0.4, 0.5) is 0 Å². The number of hydrogen-bond donors (Lipinski definition) is 1. The van der Waals surface area contributed by atoms with Crippen LogP contribution in [-0.4, -0.2) is 54.2 Å². The molecule has 0 radical (unpaired) electrons. The van der Waals surface area contributed by atoms with Gasteiger partial charge in [0.15, 0.2) is 5.82 Å². The largest absolute Gasteiger partial charge is 0.464 e. The lowest BCUT2D eigenvalue weighted by atomic mass is 10.2. The van der Waals surface area contributed by atoms with Gasteiger partial charge < -0.3 is 19.5 Å². The summed E-state index contributed by atoms with van der Waals surface area (Å²) in [5, 5.41) is 14.2. The maximum Gasteiger partial charge on any atom is 0.274 e. The maximum absolute atomic E-state index is 10.9. The highest BCUT2D eigenvalue weighted by Crippen LogP contribution is 2.17. The van der Waals surface area contributed by atoms with Crippen molar-refractivity contribution in [1.82, 2.24) is 15.1 Å². The fourth-order valence-corrected chi connectivity index (χ4v) is 3.72. The lowest BCUT2D eigenvalue weighted by Crippen LogP contribution is -2.34. The smallest absolute Gasteiger partial charge is 0.274 e. The number of nitro groups is 1. The van der Waals surface area contributed by atoms with E-state index in [1.165, 1.54) is 12.8 Å². The molecule has 8 heteroatoms. The topological polar surface area (TPSA) is 74.8 Å². The Balaban J connectivity index is 1.73. The van der Waals surface area contributed by atoms with Gasteiger partial charge in [-0.1, -0.05) is 12.8 Å². The SMILES string of the molecule is CN(C)Cc1ccc(CSCCNC(=C[N+](=O)[O-])N2CCCCCC2)o1. The molecular formula is C18H30N4O3S. The molecule has 1 fully saturated rings. The highest BCUT2D eigenvalue weighted by atomic mass is 32.2. The maximum atomic E-state index is 10.9. The molecule has 0 atom stereocenters. The first kappa shape index (κ1) is 20.6. The second-order valence-electron chi connectivity index (χ2n) is 6.79. The van der Waals surface area contributed by atoms with Gasteiger partial charge in [-0.3, -0.25) is 10.1 Å². The average Bonchev–Trinajstić information content (AvgIpc) is 2.84. The van der Waals surface area contributed by atoms with Crippen LogP contribution in [0.15, 0.2) is 28.6 Å². The molecule has 1 aliphatic heterocycles. The third-order valence-corrected chi connectivity index (χ3v) is 5.14. The molecule has 7 nitrogen and oxygen atoms in total. The Morgan fingerprint density at radius 1 is 1.31 bits per heavy atom. The van der Waals surface area contributed by atoms with E-state index in [9.17, 15) is 10.1 Å². The third-order valence-electron chi connectivity index (χ3n) is 4.16. The fraction of sp³-hybridized carbons (Fsp3) is 0.667. The zero-order chi connectivity index (χ0) is 18.8. The number of hydrogen-bond acceptors (Lipinski definition) is 7. The van der Waals surface area contributed by atoms with Gasteiger partial charge in [-0.25, -0.2) is 0 Å². The van der Waals surface area contributed by atoms with Crippen LogP contribution in [-0.2, 0) is 12.3 Å². The summed E-state index contributed by atoms with van der Waals surface area (Å²) in [5.74, 6) is 4.27. The molecule has 0 bridgehead atoms. The van der Waals surface area contributed by atoms with Gasteiger partial charge in [-0.15, -0.1) is 0 Å². The predicted molar refractivity (Wildman–Crippen MR) is 105 cm³/mol. The van der Waals surface area contributed by atoms with Crippen LogP contribution < -0.4 is 5.32 Å². The van der Waals surface area contributed by atoms with Crippen LogP contribution >= 0.6 is 11.8 Å². The molecular weight excluding hydrogens is 352 g/mol. The van der Waals surface area contributed by atoms with E-state index in [1.807, 2.05) is 26.2 Å². The van der Waals surface area contributed by atoms with Crippen molar-refractivity contribution in [1.29, 1.82) is 0 Å². The number of furan rings is 1. The normalized spacial score (nSPS) is 16.0. The van der Waals surface area contributed by atoms with Crippen molar-refractivity contribution in [3.05, 3.63) is 45.8 Å². The highest BCUT2D eigenvalue weighted by molar-refractivity contribution is 7.98. The molecule has 0 unspecified atom stereocenters. The fourth-order valence-electron chi connectivity index (χ4n) is 2.97. The third kappa shape index (κ3) is 7.70. The summed E-state index contributed by atoms with van der Waals surface area (Å²) in [6, 6.07) is 4.04. The van der Waals surface area contributed by atoms with Gasteiger partial charge in [0.1, 0.15) is 11.5 Å². The Morgan fingerprint density at radius 2 is 2.00 bits per heavy atom. The summed E-state index contributed by atoms with van der Waals surface area (Å²) in [6.07, 6.45) is 5.71. The predicted octanol–water partition coefficient (Wildman–Crippen LogP) is 3.12. The van der Waals surface area contributed by atoms with Crippen LogP contribution in [0.2, 0.25) is 0 Å². The standard InChI is InChI=1S/C18H30N4O3S/c1-20(2)13-16-7-8-17(25-16)15-26-12-9-19-18(14-22(23)24)21-10-5-3-4-6-11-21/h7-8,14,19H,3-6,9-13,15H2,1-2H3. The molecule has 1 saturated heterocycles. The van der Waals surface area contributed by atoms with Crippen LogP contribution in [0.25, 0.3) is 0 Å². The van der Waals surface area contributed by atoms with Gasteiger partial charge in [0.05, 0.1) is 17.2 Å². The monoisotopic (exact) mass is 382 g/mol.